The number of hydrogen-bond acceptors (Lipinski definition) is 2. The molecule has 1 fully saturated rings. The third-order valence-corrected chi connectivity index (χ3v) is 2.72. The van der Waals surface area contributed by atoms with Gasteiger partial charge in [-0.3, -0.25) is 4.79 Å². The van der Waals surface area contributed by atoms with Gasteiger partial charge in [-0.1, -0.05) is 26.2 Å². The molecule has 1 saturated heterocycles. The van der Waals surface area contributed by atoms with Gasteiger partial charge >= 0.3 is 5.97 Å². The molecule has 1 aliphatic heterocycles. The van der Waals surface area contributed by atoms with Crippen molar-refractivity contribution in [3.05, 3.63) is 0 Å². The topological polar surface area (TPSA) is 26.3 Å². The first-order valence-electron chi connectivity index (χ1n) is 5.40. The van der Waals surface area contributed by atoms with Gasteiger partial charge in [0.25, 0.3) is 0 Å². The van der Waals surface area contributed by atoms with Crippen molar-refractivity contribution >= 4 is 5.97 Å². The van der Waals surface area contributed by atoms with Crippen LogP contribution >= 0.6 is 0 Å². The first-order chi connectivity index (χ1) is 6.20. The summed E-state index contributed by atoms with van der Waals surface area (Å²) in [4.78, 5) is 11.4. The van der Waals surface area contributed by atoms with Gasteiger partial charge in [0.05, 0.1) is 12.0 Å². The van der Waals surface area contributed by atoms with E-state index in [1.165, 1.54) is 25.7 Å². The van der Waals surface area contributed by atoms with Crippen molar-refractivity contribution in [1.82, 2.24) is 0 Å². The predicted molar refractivity (Wildman–Crippen MR) is 52.4 cm³/mol. The second kappa shape index (κ2) is 5.25. The number of esters is 1. The number of ether oxygens (including phenoxy) is 1. The van der Waals surface area contributed by atoms with Crippen LogP contribution in [0.5, 0.6) is 0 Å². The van der Waals surface area contributed by atoms with E-state index in [9.17, 15) is 4.79 Å². The highest BCUT2D eigenvalue weighted by molar-refractivity contribution is 5.72. The van der Waals surface area contributed by atoms with E-state index in [0.29, 0.717) is 0 Å². The van der Waals surface area contributed by atoms with E-state index in [4.69, 9.17) is 4.74 Å². The first-order valence-corrected chi connectivity index (χ1v) is 5.40. The number of carbonyl (C=O) groups excluding carboxylic acids is 1. The largest absolute Gasteiger partial charge is 0.462 e. The molecule has 0 amide bonds. The van der Waals surface area contributed by atoms with E-state index in [1.807, 2.05) is 13.8 Å². The molecule has 2 atom stereocenters. The average molecular weight is 184 g/mol. The van der Waals surface area contributed by atoms with E-state index in [0.717, 1.165) is 12.8 Å². The lowest BCUT2D eigenvalue weighted by atomic mass is 10.0. The maximum absolute atomic E-state index is 11.4. The van der Waals surface area contributed by atoms with Crippen molar-refractivity contribution in [2.75, 3.05) is 0 Å². The van der Waals surface area contributed by atoms with Crippen LogP contribution in [0.4, 0.5) is 0 Å². The minimum atomic E-state index is -0.00519. The molecule has 1 aliphatic rings. The van der Waals surface area contributed by atoms with Gasteiger partial charge in [-0.15, -0.1) is 0 Å². The second-order valence-electron chi connectivity index (χ2n) is 4.14. The Morgan fingerprint density at radius 2 is 1.69 bits per heavy atom. The molecule has 0 aromatic heterocycles. The van der Waals surface area contributed by atoms with Crippen LogP contribution in [0, 0.1) is 5.92 Å². The Labute approximate surface area is 80.7 Å². The molecule has 0 radical (unpaired) electrons. The minimum Gasteiger partial charge on any atom is -0.462 e. The lowest BCUT2D eigenvalue weighted by Gasteiger charge is -2.18. The van der Waals surface area contributed by atoms with Crippen molar-refractivity contribution < 1.29 is 9.53 Å². The quantitative estimate of drug-likeness (QED) is 0.541. The molecule has 0 aromatic carbocycles. The number of cyclic esters (lactones) is 1. The zero-order valence-corrected chi connectivity index (χ0v) is 8.71. The van der Waals surface area contributed by atoms with Crippen LogP contribution in [0.1, 0.15) is 52.4 Å². The Bertz CT molecular complexity index is 165. The van der Waals surface area contributed by atoms with Crippen LogP contribution < -0.4 is 0 Å². The van der Waals surface area contributed by atoms with E-state index in [-0.39, 0.29) is 18.0 Å². The first kappa shape index (κ1) is 10.6. The summed E-state index contributed by atoms with van der Waals surface area (Å²) in [5.41, 5.74) is 0. The lowest BCUT2D eigenvalue weighted by Crippen LogP contribution is -2.21. The van der Waals surface area contributed by atoms with E-state index in [2.05, 4.69) is 0 Å². The highest BCUT2D eigenvalue weighted by atomic mass is 16.5. The summed E-state index contributed by atoms with van der Waals surface area (Å²) in [6.45, 7) is 3.96. The summed E-state index contributed by atoms with van der Waals surface area (Å²) in [5, 5.41) is 0. The molecule has 1 heterocycles. The maximum atomic E-state index is 11.4. The van der Waals surface area contributed by atoms with Crippen molar-refractivity contribution in [3.63, 3.8) is 0 Å². The van der Waals surface area contributed by atoms with Gasteiger partial charge in [-0.05, 0) is 26.2 Å². The molecular formula is C11H20O2. The van der Waals surface area contributed by atoms with Crippen molar-refractivity contribution in [1.29, 1.82) is 0 Å². The van der Waals surface area contributed by atoms with Crippen LogP contribution in [-0.4, -0.2) is 12.1 Å². The fourth-order valence-corrected chi connectivity index (χ4v) is 1.73. The standard InChI is InChI=1S/C11H20O2/c1-9-7-5-3-4-6-8-10(2)13-11(9)12/h9-10H,3-8H2,1-2H3/t9-,10+/m1/s1. The summed E-state index contributed by atoms with van der Waals surface area (Å²) in [5.74, 6) is 0.0925. The molecule has 0 aliphatic carbocycles. The van der Waals surface area contributed by atoms with Crippen LogP contribution in [0.25, 0.3) is 0 Å². The molecule has 2 heteroatoms. The van der Waals surface area contributed by atoms with Crippen molar-refractivity contribution in [2.24, 2.45) is 5.92 Å². The Hall–Kier alpha value is -0.530. The zero-order valence-electron chi connectivity index (χ0n) is 8.71. The van der Waals surface area contributed by atoms with Crippen molar-refractivity contribution in [2.45, 2.75) is 58.5 Å². The molecule has 0 N–H and O–H groups in total. The summed E-state index contributed by atoms with van der Waals surface area (Å²) >= 11 is 0. The smallest absolute Gasteiger partial charge is 0.308 e. The normalized spacial score (nSPS) is 32.3. The van der Waals surface area contributed by atoms with Gasteiger partial charge in [0, 0.05) is 0 Å². The second-order valence-corrected chi connectivity index (χ2v) is 4.14. The van der Waals surface area contributed by atoms with E-state index < -0.39 is 0 Å². The van der Waals surface area contributed by atoms with Crippen LogP contribution in [0.3, 0.4) is 0 Å². The maximum Gasteiger partial charge on any atom is 0.308 e. The molecule has 0 saturated carbocycles. The third-order valence-electron chi connectivity index (χ3n) is 2.72. The average Bonchev–Trinajstić information content (AvgIpc) is 2.09. The molecular weight excluding hydrogens is 164 g/mol. The molecule has 0 unspecified atom stereocenters. The Morgan fingerprint density at radius 1 is 1.08 bits per heavy atom. The SMILES string of the molecule is C[C@@H]1CCCCCC[C@H](C)OC1=O. The van der Waals surface area contributed by atoms with Gasteiger partial charge in [-0.25, -0.2) is 0 Å². The number of carbonyl (C=O) groups is 1. The van der Waals surface area contributed by atoms with Gasteiger partial charge in [-0.2, -0.15) is 0 Å². The van der Waals surface area contributed by atoms with Crippen LogP contribution in [0.2, 0.25) is 0 Å². The summed E-state index contributed by atoms with van der Waals surface area (Å²) in [6, 6.07) is 0. The summed E-state index contributed by atoms with van der Waals surface area (Å²) in [6.07, 6.45) is 7.06. The molecule has 0 aromatic rings. The number of rotatable bonds is 0. The predicted octanol–water partition coefficient (Wildman–Crippen LogP) is 2.91. The Morgan fingerprint density at radius 3 is 2.38 bits per heavy atom. The van der Waals surface area contributed by atoms with Crippen LogP contribution in [0.15, 0.2) is 0 Å². The fraction of sp³-hybridized carbons (Fsp3) is 0.909. The highest BCUT2D eigenvalue weighted by Crippen LogP contribution is 2.17. The van der Waals surface area contributed by atoms with E-state index >= 15 is 0 Å². The molecule has 1 rings (SSSR count). The Kier molecular flexibility index (Phi) is 4.26. The van der Waals surface area contributed by atoms with Crippen molar-refractivity contribution in [3.8, 4) is 0 Å². The van der Waals surface area contributed by atoms with E-state index in [1.54, 1.807) is 0 Å². The highest BCUT2D eigenvalue weighted by Gasteiger charge is 2.17. The van der Waals surface area contributed by atoms with Gasteiger partial charge in [0.1, 0.15) is 0 Å². The monoisotopic (exact) mass is 184 g/mol. The van der Waals surface area contributed by atoms with Gasteiger partial charge in [0.15, 0.2) is 0 Å². The van der Waals surface area contributed by atoms with Gasteiger partial charge in [0.2, 0.25) is 0 Å². The molecule has 2 nitrogen and oxygen atoms in total. The van der Waals surface area contributed by atoms with Crippen LogP contribution in [-0.2, 0) is 9.53 Å². The third kappa shape index (κ3) is 3.79. The lowest BCUT2D eigenvalue weighted by molar-refractivity contribution is -0.153. The number of hydrogen-bond donors (Lipinski definition) is 0. The minimum absolute atomic E-state index is 0.00519. The summed E-state index contributed by atoms with van der Waals surface area (Å²) < 4.78 is 5.30. The van der Waals surface area contributed by atoms with Gasteiger partial charge < -0.3 is 4.74 Å². The fourth-order valence-electron chi connectivity index (χ4n) is 1.73. The summed E-state index contributed by atoms with van der Waals surface area (Å²) in [7, 11) is 0. The Balaban J connectivity index is 2.42. The molecule has 76 valence electrons. The molecule has 13 heavy (non-hydrogen) atoms. The molecule has 0 spiro atoms. The molecule has 0 bridgehead atoms. The zero-order chi connectivity index (χ0) is 9.68.